The molecule has 6 heteroatoms. The number of Topliss-reactive ketones (excluding diaryl/α,β-unsaturated/α-hetero) is 2. The highest BCUT2D eigenvalue weighted by molar-refractivity contribution is 5.94. The Balaban J connectivity index is 1.72. The lowest BCUT2D eigenvalue weighted by atomic mass is 9.43. The summed E-state index contributed by atoms with van der Waals surface area (Å²) in [6, 6.07) is 0. The Labute approximate surface area is 196 Å². The minimum Gasteiger partial charge on any atom is -0.458 e. The lowest BCUT2D eigenvalue weighted by Gasteiger charge is -2.61. The molecule has 0 bridgehead atoms. The van der Waals surface area contributed by atoms with Crippen LogP contribution in [-0.2, 0) is 23.9 Å². The molecule has 0 aliphatic heterocycles. The van der Waals surface area contributed by atoms with E-state index in [0.29, 0.717) is 25.7 Å². The molecule has 0 aromatic heterocycles. The fourth-order valence-corrected chi connectivity index (χ4v) is 8.42. The van der Waals surface area contributed by atoms with Gasteiger partial charge in [0.1, 0.15) is 5.78 Å². The Morgan fingerprint density at radius 2 is 1.88 bits per heavy atom. The molecule has 0 aromatic rings. The van der Waals surface area contributed by atoms with E-state index >= 15 is 0 Å². The molecule has 7 atom stereocenters. The molecule has 0 heterocycles. The molecule has 0 saturated heterocycles. The molecule has 6 nitrogen and oxygen atoms in total. The second kappa shape index (κ2) is 8.44. The van der Waals surface area contributed by atoms with Gasteiger partial charge in [-0.05, 0) is 73.2 Å². The van der Waals surface area contributed by atoms with Crippen molar-refractivity contribution >= 4 is 23.3 Å². The maximum Gasteiger partial charge on any atom is 0.303 e. The second-order valence-electron chi connectivity index (χ2n) is 11.5. The summed E-state index contributed by atoms with van der Waals surface area (Å²) in [6.07, 6.45) is 6.65. The average molecular weight is 459 g/mol. The number of ether oxygens (including phenoxy) is 1. The third-order valence-corrected chi connectivity index (χ3v) is 10.1. The number of carbonyl (C=O) groups excluding carboxylic acids is 4. The van der Waals surface area contributed by atoms with Crippen molar-refractivity contribution in [2.45, 2.75) is 91.6 Å². The van der Waals surface area contributed by atoms with Crippen LogP contribution in [-0.4, -0.2) is 41.1 Å². The first kappa shape index (κ1) is 24.3. The molecule has 0 amide bonds. The number of allylic oxidation sites excluding steroid dienone is 1. The van der Waals surface area contributed by atoms with Crippen LogP contribution in [0.2, 0.25) is 0 Å². The van der Waals surface area contributed by atoms with Crippen molar-refractivity contribution in [1.82, 2.24) is 0 Å². The zero-order valence-electron chi connectivity index (χ0n) is 20.4. The Morgan fingerprint density at radius 3 is 2.55 bits per heavy atom. The Morgan fingerprint density at radius 1 is 1.15 bits per heavy atom. The monoisotopic (exact) mass is 458 g/mol. The van der Waals surface area contributed by atoms with Crippen LogP contribution in [0.1, 0.15) is 85.5 Å². The minimum absolute atomic E-state index is 0.0382. The number of carbonyl (C=O) groups is 4. The van der Waals surface area contributed by atoms with Crippen molar-refractivity contribution in [3.8, 4) is 0 Å². The Bertz CT molecular complexity index is 904. The van der Waals surface area contributed by atoms with Crippen molar-refractivity contribution in [2.24, 2.45) is 34.0 Å². The molecule has 0 aromatic carbocycles. The highest BCUT2D eigenvalue weighted by atomic mass is 16.5. The molecule has 0 unspecified atom stereocenters. The predicted octanol–water partition coefficient (Wildman–Crippen LogP) is 3.98. The number of esters is 1. The van der Waals surface area contributed by atoms with Crippen molar-refractivity contribution in [1.29, 1.82) is 0 Å². The van der Waals surface area contributed by atoms with Gasteiger partial charge in [0.25, 0.3) is 0 Å². The van der Waals surface area contributed by atoms with Crippen LogP contribution >= 0.6 is 0 Å². The van der Waals surface area contributed by atoms with Crippen LogP contribution in [0.4, 0.5) is 0 Å². The molecular weight excluding hydrogens is 420 g/mol. The number of hydrogen-bond donors (Lipinski definition) is 1. The summed E-state index contributed by atoms with van der Waals surface area (Å²) in [5.41, 5.74) is -0.452. The summed E-state index contributed by atoms with van der Waals surface area (Å²) in [4.78, 5) is 49.8. The second-order valence-corrected chi connectivity index (χ2v) is 11.5. The first-order valence-corrected chi connectivity index (χ1v) is 12.6. The van der Waals surface area contributed by atoms with Crippen molar-refractivity contribution < 1.29 is 29.0 Å². The quantitative estimate of drug-likeness (QED) is 0.605. The van der Waals surface area contributed by atoms with Crippen LogP contribution in [0.5, 0.6) is 0 Å². The average Bonchev–Trinajstić information content (AvgIpc) is 3.04. The maximum atomic E-state index is 13.6. The summed E-state index contributed by atoms with van der Waals surface area (Å²) in [6.45, 7) is 7.09. The number of aliphatic hydroxyl groups is 1. The third-order valence-electron chi connectivity index (χ3n) is 10.1. The lowest BCUT2D eigenvalue weighted by Crippen LogP contribution is -2.60. The molecule has 0 radical (unpaired) electrons. The highest BCUT2D eigenvalue weighted by Gasteiger charge is 2.68. The van der Waals surface area contributed by atoms with E-state index in [-0.39, 0.29) is 53.5 Å². The van der Waals surface area contributed by atoms with E-state index in [2.05, 4.69) is 13.8 Å². The van der Waals surface area contributed by atoms with E-state index in [1.807, 2.05) is 13.0 Å². The molecule has 1 N–H and O–H groups in total. The summed E-state index contributed by atoms with van der Waals surface area (Å²) in [5, 5.41) is 11.6. The van der Waals surface area contributed by atoms with E-state index < -0.39 is 22.9 Å². The van der Waals surface area contributed by atoms with Gasteiger partial charge in [-0.3, -0.25) is 19.2 Å². The summed E-state index contributed by atoms with van der Waals surface area (Å²) in [5.74, 6) is 0.0597. The van der Waals surface area contributed by atoms with Crippen molar-refractivity contribution in [2.75, 3.05) is 6.61 Å². The van der Waals surface area contributed by atoms with Crippen molar-refractivity contribution in [3.63, 3.8) is 0 Å². The zero-order chi connectivity index (χ0) is 24.2. The van der Waals surface area contributed by atoms with Crippen LogP contribution in [0.15, 0.2) is 11.6 Å². The Hall–Kier alpha value is -1.82. The Kier molecular flexibility index (Phi) is 6.22. The largest absolute Gasteiger partial charge is 0.458 e. The first-order valence-electron chi connectivity index (χ1n) is 12.6. The van der Waals surface area contributed by atoms with Crippen molar-refractivity contribution in [3.05, 3.63) is 11.6 Å². The van der Waals surface area contributed by atoms with Gasteiger partial charge in [0.05, 0.1) is 6.10 Å². The topological polar surface area (TPSA) is 97.7 Å². The fourth-order valence-electron chi connectivity index (χ4n) is 8.42. The molecular formula is C27H38O6. The standard InChI is InChI=1S/C27H38O6/c1-5-18(29)13-27(23(32)15-33-16(2)28)11-9-21-20-7-6-17-12-19(30)8-10-25(17,3)24(20)22(31)14-26(21,27)4/h12,20-22,24,31H,5-11,13-15H2,1-4H3/t20-,21-,22-,24+,25-,26-,27-/m0/s1. The van der Waals surface area contributed by atoms with Gasteiger partial charge in [-0.2, -0.15) is 0 Å². The van der Waals surface area contributed by atoms with Crippen LogP contribution < -0.4 is 0 Å². The molecule has 33 heavy (non-hydrogen) atoms. The summed E-state index contributed by atoms with van der Waals surface area (Å²) >= 11 is 0. The number of ketones is 3. The number of hydrogen-bond acceptors (Lipinski definition) is 6. The highest BCUT2D eigenvalue weighted by Crippen LogP contribution is 2.70. The smallest absolute Gasteiger partial charge is 0.303 e. The van der Waals surface area contributed by atoms with Gasteiger partial charge in [-0.25, -0.2) is 0 Å². The summed E-state index contributed by atoms with van der Waals surface area (Å²) < 4.78 is 5.11. The van der Waals surface area contributed by atoms with Gasteiger partial charge < -0.3 is 9.84 Å². The van der Waals surface area contributed by atoms with Gasteiger partial charge >= 0.3 is 5.97 Å². The van der Waals surface area contributed by atoms with E-state index in [4.69, 9.17) is 4.74 Å². The normalized spacial score (nSPS) is 42.0. The molecule has 182 valence electrons. The number of rotatable bonds is 6. The van der Waals surface area contributed by atoms with Crippen LogP contribution in [0, 0.1) is 34.0 Å². The predicted molar refractivity (Wildman–Crippen MR) is 122 cm³/mol. The lowest BCUT2D eigenvalue weighted by molar-refractivity contribution is -0.169. The summed E-state index contributed by atoms with van der Waals surface area (Å²) in [7, 11) is 0. The van der Waals surface area contributed by atoms with E-state index in [1.165, 1.54) is 12.5 Å². The molecule has 4 aliphatic carbocycles. The molecule has 3 fully saturated rings. The van der Waals surface area contributed by atoms with Gasteiger partial charge in [-0.15, -0.1) is 0 Å². The molecule has 0 spiro atoms. The van der Waals surface area contributed by atoms with E-state index in [9.17, 15) is 24.3 Å². The fraction of sp³-hybridized carbons (Fsp3) is 0.778. The molecule has 4 rings (SSSR count). The SMILES string of the molecule is CCC(=O)C[C@]1(C(=O)COC(C)=O)CC[C@H]2[C@@H]3CCC4=CC(=O)CC[C@]4(C)[C@H]3[C@@H](O)C[C@@]21C. The van der Waals surface area contributed by atoms with Crippen LogP contribution in [0.25, 0.3) is 0 Å². The number of aliphatic hydroxyl groups excluding tert-OH is 1. The number of fused-ring (bicyclic) bond motifs is 5. The first-order chi connectivity index (χ1) is 15.5. The van der Waals surface area contributed by atoms with Gasteiger partial charge in [0.2, 0.25) is 0 Å². The van der Waals surface area contributed by atoms with Gasteiger partial charge in [0.15, 0.2) is 18.2 Å². The molecule has 3 saturated carbocycles. The van der Waals surface area contributed by atoms with E-state index in [0.717, 1.165) is 25.7 Å². The minimum atomic E-state index is -0.911. The van der Waals surface area contributed by atoms with Crippen LogP contribution in [0.3, 0.4) is 0 Å². The van der Waals surface area contributed by atoms with Gasteiger partial charge in [0, 0.05) is 31.6 Å². The van der Waals surface area contributed by atoms with E-state index in [1.54, 1.807) is 0 Å². The van der Waals surface area contributed by atoms with Gasteiger partial charge in [-0.1, -0.05) is 26.3 Å². The zero-order valence-corrected chi connectivity index (χ0v) is 20.4. The molecule has 4 aliphatic rings. The third kappa shape index (κ3) is 3.64. The maximum absolute atomic E-state index is 13.6.